The predicted octanol–water partition coefficient (Wildman–Crippen LogP) is 5.14. The van der Waals surface area contributed by atoms with E-state index in [0.717, 1.165) is 10.8 Å². The predicted molar refractivity (Wildman–Crippen MR) is 142 cm³/mol. The van der Waals surface area contributed by atoms with E-state index in [0.29, 0.717) is 29.9 Å². The van der Waals surface area contributed by atoms with Crippen LogP contribution in [0.2, 0.25) is 5.02 Å². The molecule has 7 nitrogen and oxygen atoms in total. The van der Waals surface area contributed by atoms with E-state index in [1.165, 1.54) is 12.1 Å². The maximum absolute atomic E-state index is 16.2. The number of nitrogens with two attached hydrogens (primary N) is 1. The third-order valence-electron chi connectivity index (χ3n) is 6.64. The van der Waals surface area contributed by atoms with Crippen molar-refractivity contribution in [1.29, 1.82) is 0 Å². The van der Waals surface area contributed by atoms with Crippen molar-refractivity contribution in [2.75, 3.05) is 23.7 Å². The molecule has 3 aromatic carbocycles. The van der Waals surface area contributed by atoms with Gasteiger partial charge in [0.15, 0.2) is 5.82 Å². The fourth-order valence-corrected chi connectivity index (χ4v) is 5.52. The number of piperazine rings is 1. The summed E-state index contributed by atoms with van der Waals surface area (Å²) in [4.78, 5) is 24.7. The molecular formula is C27H25ClFN5O2. The zero-order chi connectivity index (χ0) is 25.7. The van der Waals surface area contributed by atoms with Gasteiger partial charge in [0.25, 0.3) is 0 Å². The van der Waals surface area contributed by atoms with Gasteiger partial charge in [-0.15, -0.1) is 0 Å². The number of amides is 1. The first-order chi connectivity index (χ1) is 17.2. The number of aromatic hydroxyl groups is 1. The van der Waals surface area contributed by atoms with Gasteiger partial charge in [-0.3, -0.25) is 4.79 Å². The number of hydrogen-bond donors (Lipinski definition) is 2. The summed E-state index contributed by atoms with van der Waals surface area (Å²) in [6, 6.07) is 11.8. The molecule has 0 unspecified atom stereocenters. The highest BCUT2D eigenvalue weighted by atomic mass is 35.5. The molecule has 1 fully saturated rings. The smallest absolute Gasteiger partial charge is 0.246 e. The van der Waals surface area contributed by atoms with Gasteiger partial charge in [-0.2, -0.15) is 4.98 Å². The van der Waals surface area contributed by atoms with Crippen LogP contribution < -0.4 is 10.6 Å². The quantitative estimate of drug-likeness (QED) is 0.374. The number of nitrogen functional groups attached to an aromatic ring is 1. The van der Waals surface area contributed by atoms with E-state index in [1.807, 2.05) is 43.0 Å². The molecule has 0 aliphatic carbocycles. The van der Waals surface area contributed by atoms with E-state index in [2.05, 4.69) is 16.5 Å². The van der Waals surface area contributed by atoms with Crippen molar-refractivity contribution in [2.45, 2.75) is 25.9 Å². The number of rotatable bonds is 3. The van der Waals surface area contributed by atoms with Crippen LogP contribution in [0.3, 0.4) is 0 Å². The van der Waals surface area contributed by atoms with Crippen molar-refractivity contribution < 1.29 is 14.3 Å². The van der Waals surface area contributed by atoms with Crippen molar-refractivity contribution >= 4 is 50.9 Å². The molecule has 9 heteroatoms. The molecule has 2 atom stereocenters. The average molecular weight is 506 g/mol. The van der Waals surface area contributed by atoms with Gasteiger partial charge >= 0.3 is 0 Å². The molecule has 36 heavy (non-hydrogen) atoms. The normalized spacial score (nSPS) is 18.1. The number of carbonyl (C=O) groups excluding carboxylic acids is 1. The van der Waals surface area contributed by atoms with Crippen LogP contribution in [0.5, 0.6) is 5.75 Å². The standard InChI is InChI=1S/C27H25ClFN5O2/c1-4-22(36)34-14(2)12-33(13-15(34)3)26-20-11-21(28)23(24(29)25(20)31-27(30)32-26)19-10-17(35)9-16-7-5-6-8-18(16)19/h4-11,14-15,35H,1,12-13H2,2-3H3,(H2,30,31,32)/t14-,15+. The number of fused-ring (bicyclic) bond motifs is 2. The van der Waals surface area contributed by atoms with Gasteiger partial charge in [-0.1, -0.05) is 42.4 Å². The zero-order valence-corrected chi connectivity index (χ0v) is 20.6. The molecule has 184 valence electrons. The molecule has 3 N–H and O–H groups in total. The number of carbonyl (C=O) groups is 1. The van der Waals surface area contributed by atoms with E-state index in [1.54, 1.807) is 17.0 Å². The van der Waals surface area contributed by atoms with Gasteiger partial charge in [0.1, 0.15) is 17.1 Å². The minimum absolute atomic E-state index is 0.00271. The first-order valence-electron chi connectivity index (χ1n) is 11.6. The molecule has 0 radical (unpaired) electrons. The third-order valence-corrected chi connectivity index (χ3v) is 6.94. The van der Waals surface area contributed by atoms with Gasteiger partial charge in [0, 0.05) is 36.1 Å². The van der Waals surface area contributed by atoms with E-state index >= 15 is 4.39 Å². The summed E-state index contributed by atoms with van der Waals surface area (Å²) in [5, 5.41) is 12.4. The lowest BCUT2D eigenvalue weighted by atomic mass is 9.96. The molecule has 4 aromatic rings. The van der Waals surface area contributed by atoms with Crippen LogP contribution in [0.15, 0.2) is 55.1 Å². The van der Waals surface area contributed by atoms with Gasteiger partial charge in [-0.25, -0.2) is 9.37 Å². The highest BCUT2D eigenvalue weighted by molar-refractivity contribution is 6.35. The number of benzene rings is 3. The van der Waals surface area contributed by atoms with Crippen molar-refractivity contribution in [3.63, 3.8) is 0 Å². The van der Waals surface area contributed by atoms with E-state index in [9.17, 15) is 9.90 Å². The molecule has 0 saturated carbocycles. The molecule has 1 aromatic heterocycles. The first-order valence-corrected chi connectivity index (χ1v) is 11.9. The minimum Gasteiger partial charge on any atom is -0.508 e. The maximum Gasteiger partial charge on any atom is 0.246 e. The number of halogens is 2. The summed E-state index contributed by atoms with van der Waals surface area (Å²) in [5.74, 6) is -0.411. The van der Waals surface area contributed by atoms with Crippen molar-refractivity contribution in [3.8, 4) is 16.9 Å². The van der Waals surface area contributed by atoms with Crippen LogP contribution in [0.25, 0.3) is 32.8 Å². The number of nitrogens with zero attached hydrogens (tertiary/aromatic N) is 4. The second-order valence-corrected chi connectivity index (χ2v) is 9.52. The van der Waals surface area contributed by atoms with Crippen LogP contribution in [-0.2, 0) is 4.79 Å². The Balaban J connectivity index is 1.68. The summed E-state index contributed by atoms with van der Waals surface area (Å²) in [6.07, 6.45) is 1.31. The topological polar surface area (TPSA) is 95.6 Å². The second kappa shape index (κ2) is 8.95. The van der Waals surface area contributed by atoms with Crippen LogP contribution >= 0.6 is 11.6 Å². The highest BCUT2D eigenvalue weighted by Crippen LogP contribution is 2.42. The lowest BCUT2D eigenvalue weighted by molar-refractivity contribution is -0.130. The van der Waals surface area contributed by atoms with Crippen molar-refractivity contribution in [1.82, 2.24) is 14.9 Å². The van der Waals surface area contributed by atoms with Crippen LogP contribution in [-0.4, -0.2) is 51.1 Å². The minimum atomic E-state index is -0.648. The Labute approximate surface area is 212 Å². The second-order valence-electron chi connectivity index (χ2n) is 9.12. The molecule has 0 bridgehead atoms. The van der Waals surface area contributed by atoms with E-state index < -0.39 is 5.82 Å². The number of aromatic nitrogens is 2. The molecular weight excluding hydrogens is 481 g/mol. The van der Waals surface area contributed by atoms with Crippen molar-refractivity contribution in [3.05, 3.63) is 66.0 Å². The fraction of sp³-hybridized carbons (Fsp3) is 0.222. The molecule has 1 aliphatic heterocycles. The molecule has 0 spiro atoms. The Hall–Kier alpha value is -3.91. The number of hydrogen-bond acceptors (Lipinski definition) is 6. The Morgan fingerprint density at radius 3 is 2.56 bits per heavy atom. The first kappa shape index (κ1) is 23.8. The summed E-state index contributed by atoms with van der Waals surface area (Å²) in [5.41, 5.74) is 6.66. The lowest BCUT2D eigenvalue weighted by Crippen LogP contribution is -2.58. The largest absolute Gasteiger partial charge is 0.508 e. The van der Waals surface area contributed by atoms with Crippen LogP contribution in [0, 0.1) is 5.82 Å². The molecule has 5 rings (SSSR count). The highest BCUT2D eigenvalue weighted by Gasteiger charge is 2.33. The zero-order valence-electron chi connectivity index (χ0n) is 19.9. The van der Waals surface area contributed by atoms with Gasteiger partial charge in [0.05, 0.1) is 5.02 Å². The molecule has 1 saturated heterocycles. The summed E-state index contributed by atoms with van der Waals surface area (Å²) in [6.45, 7) is 8.41. The maximum atomic E-state index is 16.2. The van der Waals surface area contributed by atoms with Crippen LogP contribution in [0.1, 0.15) is 13.8 Å². The number of phenolic OH excluding ortho intramolecular Hbond substituents is 1. The van der Waals surface area contributed by atoms with Gasteiger partial charge in [-0.05, 0) is 54.5 Å². The fourth-order valence-electron chi connectivity index (χ4n) is 5.22. The Morgan fingerprint density at radius 2 is 1.86 bits per heavy atom. The SMILES string of the molecule is C=CC(=O)N1[C@H](C)CN(c2nc(N)nc3c(F)c(-c4cc(O)cc5ccccc45)c(Cl)cc23)C[C@@H]1C. The summed E-state index contributed by atoms with van der Waals surface area (Å²) >= 11 is 6.70. The Morgan fingerprint density at radius 1 is 1.17 bits per heavy atom. The number of anilines is 2. The molecule has 1 aliphatic rings. The summed E-state index contributed by atoms with van der Waals surface area (Å²) < 4.78 is 16.2. The monoisotopic (exact) mass is 505 g/mol. The Kier molecular flexibility index (Phi) is 5.92. The average Bonchev–Trinajstić information content (AvgIpc) is 2.83. The third kappa shape index (κ3) is 3.87. The van der Waals surface area contributed by atoms with Crippen molar-refractivity contribution in [2.24, 2.45) is 0 Å². The van der Waals surface area contributed by atoms with E-state index in [-0.39, 0.29) is 45.8 Å². The van der Waals surface area contributed by atoms with Gasteiger partial charge < -0.3 is 20.6 Å². The van der Waals surface area contributed by atoms with Gasteiger partial charge in [0.2, 0.25) is 11.9 Å². The van der Waals surface area contributed by atoms with Crippen LogP contribution in [0.4, 0.5) is 16.2 Å². The molecule has 2 heterocycles. The lowest BCUT2D eigenvalue weighted by Gasteiger charge is -2.44. The van der Waals surface area contributed by atoms with E-state index in [4.69, 9.17) is 17.3 Å². The number of phenols is 1. The summed E-state index contributed by atoms with van der Waals surface area (Å²) in [7, 11) is 0. The molecule has 1 amide bonds. The Bertz CT molecular complexity index is 1530.